The molecule has 1 N–H and O–H groups in total. The molecule has 0 bridgehead atoms. The fourth-order valence-corrected chi connectivity index (χ4v) is 6.27. The maximum atomic E-state index is 14.0. The second-order valence-electron chi connectivity index (χ2n) is 12.8. The van der Waals surface area contributed by atoms with E-state index in [1.165, 1.54) is 4.90 Å². The van der Waals surface area contributed by atoms with Crippen molar-refractivity contribution in [2.45, 2.75) is 70.7 Å². The summed E-state index contributed by atoms with van der Waals surface area (Å²) in [6, 6.07) is 12.0. The maximum Gasteiger partial charge on any atom is 0.421 e. The molecule has 9 nitrogen and oxygen atoms in total. The zero-order valence-corrected chi connectivity index (χ0v) is 24.4. The Hall–Kier alpha value is -4.34. The van der Waals surface area contributed by atoms with Crippen LogP contribution in [0.2, 0.25) is 0 Å². The second-order valence-corrected chi connectivity index (χ2v) is 12.8. The number of aromatic nitrogens is 2. The molecule has 1 saturated heterocycles. The number of amidine groups is 1. The second kappa shape index (κ2) is 9.08. The van der Waals surface area contributed by atoms with Crippen LogP contribution in [0.5, 0.6) is 0 Å². The van der Waals surface area contributed by atoms with Crippen LogP contribution in [0.1, 0.15) is 66.5 Å². The van der Waals surface area contributed by atoms with Gasteiger partial charge in [0.1, 0.15) is 23.4 Å². The first-order valence-corrected chi connectivity index (χ1v) is 14.3. The third-order valence-corrected chi connectivity index (χ3v) is 8.51. The van der Waals surface area contributed by atoms with Gasteiger partial charge in [0.25, 0.3) is 0 Å². The van der Waals surface area contributed by atoms with Gasteiger partial charge in [0, 0.05) is 23.2 Å². The lowest BCUT2D eigenvalue weighted by molar-refractivity contribution is -0.120. The van der Waals surface area contributed by atoms with Crippen molar-refractivity contribution in [3.63, 3.8) is 0 Å². The minimum Gasteiger partial charge on any atom is -0.443 e. The first-order valence-electron chi connectivity index (χ1n) is 14.3. The summed E-state index contributed by atoms with van der Waals surface area (Å²) in [4.78, 5) is 43.9. The molecule has 2 aromatic carbocycles. The van der Waals surface area contributed by atoms with E-state index in [0.29, 0.717) is 43.5 Å². The van der Waals surface area contributed by atoms with Crippen molar-refractivity contribution in [1.82, 2.24) is 9.97 Å². The average Bonchev–Trinajstić information content (AvgIpc) is 3.48. The summed E-state index contributed by atoms with van der Waals surface area (Å²) in [5.74, 6) is 1.59. The molecular weight excluding hydrogens is 535 g/mol. The smallest absolute Gasteiger partial charge is 0.421 e. The van der Waals surface area contributed by atoms with Crippen LogP contribution in [0, 0.1) is 13.8 Å². The predicted octanol–water partition coefficient (Wildman–Crippen LogP) is 5.33. The van der Waals surface area contributed by atoms with Gasteiger partial charge in [-0.1, -0.05) is 35.9 Å². The quantitative estimate of drug-likeness (QED) is 0.456. The lowest BCUT2D eigenvalue weighted by atomic mass is 9.90. The van der Waals surface area contributed by atoms with Gasteiger partial charge in [-0.15, -0.1) is 0 Å². The molecule has 10 heteroatoms. The third-order valence-electron chi connectivity index (χ3n) is 8.51. The number of hydrogen-bond acceptors (Lipinski definition) is 8. The summed E-state index contributed by atoms with van der Waals surface area (Å²) in [7, 11) is 0. The number of nitrogens with one attached hydrogen (secondary N) is 1. The molecular formula is C32H33FN6O3. The summed E-state index contributed by atoms with van der Waals surface area (Å²) >= 11 is 0. The van der Waals surface area contributed by atoms with E-state index < -0.39 is 23.3 Å². The van der Waals surface area contributed by atoms with E-state index in [0.717, 1.165) is 39.2 Å². The molecule has 4 aliphatic rings. The number of hydrogen-bond donors (Lipinski definition) is 1. The minimum atomic E-state index is -0.838. The van der Waals surface area contributed by atoms with Crippen molar-refractivity contribution >= 4 is 35.3 Å². The van der Waals surface area contributed by atoms with Crippen molar-refractivity contribution < 1.29 is 18.7 Å². The average molecular weight is 569 g/mol. The van der Waals surface area contributed by atoms with Gasteiger partial charge in [-0.05, 0) is 63.8 Å². The van der Waals surface area contributed by atoms with Gasteiger partial charge in [0.15, 0.2) is 0 Å². The summed E-state index contributed by atoms with van der Waals surface area (Å²) < 4.78 is 19.0. The van der Waals surface area contributed by atoms with Gasteiger partial charge in [0.2, 0.25) is 11.9 Å². The SMILES string of the molecule is Cc1ccc2c(c1)[C@]1(C[C@H]1c1ccc3c(c1)CN=C3Nc1nc(N3CC(F)C3)ncc1C)C(=O)N2C(=O)OC(C)(C)C. The number of carbonyl (C=O) groups excluding carboxylic acids is 2. The molecule has 1 aromatic heterocycles. The number of fused-ring (bicyclic) bond motifs is 3. The Balaban J connectivity index is 1.14. The number of carbonyl (C=O) groups is 2. The van der Waals surface area contributed by atoms with E-state index >= 15 is 0 Å². The molecule has 1 spiro atoms. The molecule has 4 heterocycles. The number of rotatable bonds is 3. The molecule has 42 heavy (non-hydrogen) atoms. The number of anilines is 3. The highest BCUT2D eigenvalue weighted by Crippen LogP contribution is 2.66. The van der Waals surface area contributed by atoms with E-state index in [1.54, 1.807) is 27.0 Å². The Morgan fingerprint density at radius 2 is 1.93 bits per heavy atom. The van der Waals surface area contributed by atoms with Gasteiger partial charge in [0.05, 0.1) is 30.7 Å². The third kappa shape index (κ3) is 4.15. The highest BCUT2D eigenvalue weighted by Gasteiger charge is 2.68. The molecule has 2 fully saturated rings. The van der Waals surface area contributed by atoms with E-state index in [4.69, 9.17) is 9.73 Å². The minimum absolute atomic E-state index is 0.0529. The maximum absolute atomic E-state index is 14.0. The van der Waals surface area contributed by atoms with Crippen molar-refractivity contribution in [3.8, 4) is 0 Å². The first kappa shape index (κ1) is 26.6. The Morgan fingerprint density at radius 1 is 1.14 bits per heavy atom. The topological polar surface area (TPSA) is 100 Å². The molecule has 7 rings (SSSR count). The van der Waals surface area contributed by atoms with Crippen LogP contribution in [0.25, 0.3) is 0 Å². The number of nitrogens with zero attached hydrogens (tertiary/aromatic N) is 5. The number of alkyl halides is 1. The van der Waals surface area contributed by atoms with Crippen LogP contribution in [0.3, 0.4) is 0 Å². The van der Waals surface area contributed by atoms with Crippen molar-refractivity contribution in [2.75, 3.05) is 28.2 Å². The van der Waals surface area contributed by atoms with Crippen molar-refractivity contribution in [3.05, 3.63) is 76.0 Å². The number of halogens is 1. The van der Waals surface area contributed by atoms with Gasteiger partial charge in [-0.2, -0.15) is 4.98 Å². The summed E-state index contributed by atoms with van der Waals surface area (Å²) in [5.41, 5.74) is 5.00. The Morgan fingerprint density at radius 3 is 2.67 bits per heavy atom. The van der Waals surface area contributed by atoms with E-state index in [1.807, 2.05) is 43.0 Å². The number of ether oxygens (including phenoxy) is 1. The largest absolute Gasteiger partial charge is 0.443 e. The molecule has 1 saturated carbocycles. The van der Waals surface area contributed by atoms with Crippen LogP contribution in [-0.4, -0.2) is 52.7 Å². The summed E-state index contributed by atoms with van der Waals surface area (Å²) in [5, 5.41) is 3.36. The number of imide groups is 1. The van der Waals surface area contributed by atoms with Gasteiger partial charge in [-0.25, -0.2) is 19.1 Å². The molecule has 216 valence electrons. The Labute approximate surface area is 243 Å². The molecule has 2 atom stereocenters. The van der Waals surface area contributed by atoms with Gasteiger partial charge in [-0.3, -0.25) is 9.79 Å². The number of amides is 2. The van der Waals surface area contributed by atoms with Gasteiger partial charge >= 0.3 is 6.09 Å². The van der Waals surface area contributed by atoms with Gasteiger partial charge < -0.3 is 15.0 Å². The van der Waals surface area contributed by atoms with Crippen molar-refractivity contribution in [2.24, 2.45) is 4.99 Å². The van der Waals surface area contributed by atoms with E-state index in [-0.39, 0.29) is 11.8 Å². The predicted molar refractivity (Wildman–Crippen MR) is 158 cm³/mol. The van der Waals surface area contributed by atoms with Crippen molar-refractivity contribution in [1.29, 1.82) is 0 Å². The standard InChI is InChI=1S/C32H33FN6O3/c1-17-6-9-25-23(10-17)32(28(40)39(25)30(41)42-31(3,4)5)12-24(32)19-7-8-22-20(11-19)14-34-27(22)36-26-18(2)13-35-29(37-26)38-15-21(33)16-38/h6-11,13,21,24H,12,14-16H2,1-5H3,(H,34,35,36,37)/t24-,32-/m0/s1. The molecule has 3 aromatic rings. The lowest BCUT2D eigenvalue weighted by Crippen LogP contribution is -2.49. The van der Waals surface area contributed by atoms with Crippen LogP contribution < -0.4 is 15.1 Å². The molecule has 0 radical (unpaired) electrons. The molecule has 0 unspecified atom stereocenters. The normalized spacial score (nSPS) is 22.6. The monoisotopic (exact) mass is 568 g/mol. The fourth-order valence-electron chi connectivity index (χ4n) is 6.27. The lowest BCUT2D eigenvalue weighted by Gasteiger charge is -2.34. The number of aryl methyl sites for hydroxylation is 2. The molecule has 1 aliphatic carbocycles. The zero-order chi connectivity index (χ0) is 29.6. The highest BCUT2D eigenvalue weighted by molar-refractivity contribution is 6.23. The summed E-state index contributed by atoms with van der Waals surface area (Å²) in [6.07, 6.45) is 0.890. The van der Waals surface area contributed by atoms with E-state index in [2.05, 4.69) is 27.4 Å². The summed E-state index contributed by atoms with van der Waals surface area (Å²) in [6.45, 7) is 10.4. The fraction of sp³-hybridized carbons (Fsp3) is 0.406. The van der Waals surface area contributed by atoms with E-state index in [9.17, 15) is 14.0 Å². The first-order chi connectivity index (χ1) is 19.9. The molecule has 2 amide bonds. The molecule has 3 aliphatic heterocycles. The zero-order valence-electron chi connectivity index (χ0n) is 24.4. The number of benzene rings is 2. The van der Waals surface area contributed by atoms with Crippen LogP contribution >= 0.6 is 0 Å². The van der Waals surface area contributed by atoms with Crippen LogP contribution in [0.15, 0.2) is 47.6 Å². The Kier molecular flexibility index (Phi) is 5.74. The van der Waals surface area contributed by atoms with Crippen LogP contribution in [-0.2, 0) is 21.5 Å². The highest BCUT2D eigenvalue weighted by atomic mass is 19.1. The Bertz CT molecular complexity index is 1690. The number of aliphatic imine (C=N–C) groups is 1. The van der Waals surface area contributed by atoms with Crippen LogP contribution in [0.4, 0.5) is 26.6 Å².